The van der Waals surface area contributed by atoms with Crippen LogP contribution in [0.3, 0.4) is 0 Å². The summed E-state index contributed by atoms with van der Waals surface area (Å²) >= 11 is 4.74. The van der Waals surface area contributed by atoms with Crippen molar-refractivity contribution >= 4 is 38.9 Å². The van der Waals surface area contributed by atoms with Crippen molar-refractivity contribution in [2.24, 2.45) is 4.99 Å². The summed E-state index contributed by atoms with van der Waals surface area (Å²) in [6.07, 6.45) is 0.285. The first kappa shape index (κ1) is 9.86. The Bertz CT molecular complexity index is 386. The molecule has 0 spiro atoms. The van der Waals surface area contributed by atoms with Crippen LogP contribution in [0.5, 0.6) is 0 Å². The molecular weight excluding hydrogens is 266 g/mol. The maximum Gasteiger partial charge on any atom is 0.191 e. The van der Waals surface area contributed by atoms with Gasteiger partial charge in [-0.15, -0.1) is 11.3 Å². The molecule has 0 unspecified atom stereocenters. The number of ether oxygens (including phenoxy) is 1. The van der Waals surface area contributed by atoms with Gasteiger partial charge in [0.2, 0.25) is 0 Å². The number of aliphatic imine (C=N–C) groups is 1. The molecule has 2 rings (SSSR count). The normalized spacial score (nSPS) is 15.1. The largest absolute Gasteiger partial charge is 0.479 e. The topological polar surface area (TPSA) is 38.7 Å². The van der Waals surface area contributed by atoms with Crippen LogP contribution in [-0.4, -0.2) is 24.8 Å². The molecule has 1 aromatic rings. The maximum absolute atomic E-state index is 11.6. The van der Waals surface area contributed by atoms with Crippen molar-refractivity contribution in [3.05, 3.63) is 20.8 Å². The molecule has 0 bridgehead atoms. The van der Waals surface area contributed by atoms with Gasteiger partial charge in [-0.2, -0.15) is 0 Å². The SMILES string of the molecule is O=C(CC1=NCCO1)c1cc(Br)cs1. The van der Waals surface area contributed by atoms with Crippen LogP contribution >= 0.6 is 27.3 Å². The Labute approximate surface area is 93.9 Å². The quantitative estimate of drug-likeness (QED) is 0.794. The predicted octanol–water partition coefficient (Wildman–Crippen LogP) is 2.51. The number of rotatable bonds is 3. The molecule has 0 aromatic carbocycles. The van der Waals surface area contributed by atoms with Crippen molar-refractivity contribution in [2.75, 3.05) is 13.2 Å². The Morgan fingerprint density at radius 3 is 3.14 bits per heavy atom. The molecule has 5 heteroatoms. The fraction of sp³-hybridized carbons (Fsp3) is 0.333. The van der Waals surface area contributed by atoms with Crippen LogP contribution in [-0.2, 0) is 4.74 Å². The van der Waals surface area contributed by atoms with E-state index in [0.29, 0.717) is 19.0 Å². The number of hydrogen-bond acceptors (Lipinski definition) is 4. The molecule has 1 aromatic heterocycles. The van der Waals surface area contributed by atoms with Crippen LogP contribution in [0.25, 0.3) is 0 Å². The second-order valence-corrected chi connectivity index (χ2v) is 4.68. The average molecular weight is 274 g/mol. The zero-order valence-corrected chi connectivity index (χ0v) is 9.73. The molecule has 0 saturated heterocycles. The lowest BCUT2D eigenvalue weighted by Gasteiger charge is -1.98. The van der Waals surface area contributed by atoms with Gasteiger partial charge in [0.25, 0.3) is 0 Å². The van der Waals surface area contributed by atoms with Gasteiger partial charge in [-0.3, -0.25) is 9.79 Å². The minimum atomic E-state index is 0.0707. The molecule has 0 aliphatic carbocycles. The monoisotopic (exact) mass is 273 g/mol. The highest BCUT2D eigenvalue weighted by Gasteiger charge is 2.15. The first-order chi connectivity index (χ1) is 6.75. The number of carbonyl (C=O) groups excluding carboxylic acids is 1. The van der Waals surface area contributed by atoms with E-state index in [0.717, 1.165) is 9.35 Å². The molecule has 0 fully saturated rings. The molecule has 2 heterocycles. The van der Waals surface area contributed by atoms with Gasteiger partial charge in [-0.05, 0) is 22.0 Å². The Morgan fingerprint density at radius 1 is 1.71 bits per heavy atom. The lowest BCUT2D eigenvalue weighted by Crippen LogP contribution is -2.07. The fourth-order valence-electron chi connectivity index (χ4n) is 1.17. The van der Waals surface area contributed by atoms with Gasteiger partial charge in [0.05, 0.1) is 17.8 Å². The zero-order valence-electron chi connectivity index (χ0n) is 7.33. The van der Waals surface area contributed by atoms with E-state index < -0.39 is 0 Å². The molecule has 3 nitrogen and oxygen atoms in total. The molecule has 1 aliphatic heterocycles. The summed E-state index contributed by atoms with van der Waals surface area (Å²) in [6, 6.07) is 1.82. The maximum atomic E-state index is 11.6. The van der Waals surface area contributed by atoms with E-state index in [1.54, 1.807) is 0 Å². The minimum Gasteiger partial charge on any atom is -0.479 e. The van der Waals surface area contributed by atoms with E-state index in [9.17, 15) is 4.79 Å². The molecule has 0 radical (unpaired) electrons. The van der Waals surface area contributed by atoms with Gasteiger partial charge in [-0.1, -0.05) is 0 Å². The molecule has 0 amide bonds. The van der Waals surface area contributed by atoms with Gasteiger partial charge < -0.3 is 4.74 Å². The number of nitrogens with zero attached hydrogens (tertiary/aromatic N) is 1. The van der Waals surface area contributed by atoms with E-state index in [2.05, 4.69) is 20.9 Å². The van der Waals surface area contributed by atoms with E-state index in [1.807, 2.05) is 11.4 Å². The fourth-order valence-corrected chi connectivity index (χ4v) is 2.54. The van der Waals surface area contributed by atoms with Crippen LogP contribution < -0.4 is 0 Å². The van der Waals surface area contributed by atoms with Gasteiger partial charge in [-0.25, -0.2) is 0 Å². The Kier molecular flexibility index (Phi) is 2.98. The van der Waals surface area contributed by atoms with Crippen molar-refractivity contribution in [2.45, 2.75) is 6.42 Å². The zero-order chi connectivity index (χ0) is 9.97. The summed E-state index contributed by atoms with van der Waals surface area (Å²) in [6.45, 7) is 1.29. The number of hydrogen-bond donors (Lipinski definition) is 0. The Balaban J connectivity index is 2.02. The second kappa shape index (κ2) is 4.23. The first-order valence-corrected chi connectivity index (χ1v) is 5.86. The Hall–Kier alpha value is -0.680. The molecule has 0 saturated carbocycles. The summed E-state index contributed by atoms with van der Waals surface area (Å²) in [5, 5.41) is 1.89. The Morgan fingerprint density at radius 2 is 2.57 bits per heavy atom. The summed E-state index contributed by atoms with van der Waals surface area (Å²) in [5.41, 5.74) is 0. The number of ketones is 1. The van der Waals surface area contributed by atoms with Crippen LogP contribution in [0.1, 0.15) is 16.1 Å². The molecule has 0 atom stereocenters. The summed E-state index contributed by atoms with van der Waals surface area (Å²) < 4.78 is 6.12. The average Bonchev–Trinajstić information content (AvgIpc) is 2.75. The number of carbonyl (C=O) groups is 1. The highest BCUT2D eigenvalue weighted by Crippen LogP contribution is 2.21. The van der Waals surface area contributed by atoms with Crippen molar-refractivity contribution in [3.8, 4) is 0 Å². The van der Waals surface area contributed by atoms with Crippen molar-refractivity contribution in [1.82, 2.24) is 0 Å². The summed E-state index contributed by atoms with van der Waals surface area (Å²) in [4.78, 5) is 16.5. The number of halogens is 1. The number of Topliss-reactive ketones (excluding diaryl/α,β-unsaturated/α-hetero) is 1. The highest BCUT2D eigenvalue weighted by atomic mass is 79.9. The third-order valence-corrected chi connectivity index (χ3v) is 3.53. The first-order valence-electron chi connectivity index (χ1n) is 4.19. The summed E-state index contributed by atoms with van der Waals surface area (Å²) in [5.74, 6) is 0.640. The van der Waals surface area contributed by atoms with Gasteiger partial charge >= 0.3 is 0 Å². The molecule has 14 heavy (non-hydrogen) atoms. The molecular formula is C9H8BrNO2S. The van der Waals surface area contributed by atoms with E-state index in [1.165, 1.54) is 11.3 Å². The second-order valence-electron chi connectivity index (χ2n) is 2.85. The van der Waals surface area contributed by atoms with Crippen molar-refractivity contribution < 1.29 is 9.53 Å². The lowest BCUT2D eigenvalue weighted by molar-refractivity contribution is 0.0998. The van der Waals surface area contributed by atoms with Gasteiger partial charge in [0.1, 0.15) is 6.61 Å². The smallest absolute Gasteiger partial charge is 0.191 e. The van der Waals surface area contributed by atoms with Crippen LogP contribution in [0, 0.1) is 0 Å². The van der Waals surface area contributed by atoms with Crippen LogP contribution in [0.2, 0.25) is 0 Å². The number of thiophene rings is 1. The third kappa shape index (κ3) is 2.22. The van der Waals surface area contributed by atoms with Gasteiger partial charge in [0.15, 0.2) is 11.7 Å². The standard InChI is InChI=1S/C9H8BrNO2S/c10-6-3-8(14-5-6)7(12)4-9-11-1-2-13-9/h3,5H,1-2,4H2. The third-order valence-electron chi connectivity index (χ3n) is 1.80. The summed E-state index contributed by atoms with van der Waals surface area (Å²) in [7, 11) is 0. The lowest BCUT2D eigenvalue weighted by atomic mass is 10.2. The van der Waals surface area contributed by atoms with Crippen molar-refractivity contribution in [3.63, 3.8) is 0 Å². The van der Waals surface area contributed by atoms with Crippen LogP contribution in [0.15, 0.2) is 20.9 Å². The molecule has 74 valence electrons. The molecule has 0 N–H and O–H groups in total. The van der Waals surface area contributed by atoms with E-state index >= 15 is 0 Å². The molecule has 1 aliphatic rings. The van der Waals surface area contributed by atoms with Crippen molar-refractivity contribution in [1.29, 1.82) is 0 Å². The van der Waals surface area contributed by atoms with Crippen LogP contribution in [0.4, 0.5) is 0 Å². The highest BCUT2D eigenvalue weighted by molar-refractivity contribution is 9.10. The van der Waals surface area contributed by atoms with E-state index in [4.69, 9.17) is 4.74 Å². The van der Waals surface area contributed by atoms with Gasteiger partial charge in [0, 0.05) is 9.85 Å². The van der Waals surface area contributed by atoms with E-state index in [-0.39, 0.29) is 12.2 Å². The minimum absolute atomic E-state index is 0.0707. The predicted molar refractivity (Wildman–Crippen MR) is 59.2 cm³/mol.